The Labute approximate surface area is 123 Å². The van der Waals surface area contributed by atoms with Gasteiger partial charge in [-0.3, -0.25) is 10.1 Å². The van der Waals surface area contributed by atoms with Crippen LogP contribution in [0.5, 0.6) is 5.88 Å². The Morgan fingerprint density at radius 1 is 1.24 bits per heavy atom. The molecule has 0 fully saturated rings. The van der Waals surface area contributed by atoms with Crippen LogP contribution in [0, 0.1) is 0 Å². The second kappa shape index (κ2) is 7.40. The highest BCUT2D eigenvalue weighted by Crippen LogP contribution is 2.08. The number of methoxy groups -OCH3 is 1. The minimum Gasteiger partial charge on any atom is -0.481 e. The number of nitrogens with zero attached hydrogens (tertiary/aromatic N) is 1. The Kier molecular flexibility index (Phi) is 5.29. The summed E-state index contributed by atoms with van der Waals surface area (Å²) in [5.74, 6) is -0.321. The summed E-state index contributed by atoms with van der Waals surface area (Å²) in [6.45, 7) is 0.445. The molecular formula is C16H18N2O3. The van der Waals surface area contributed by atoms with E-state index in [-0.39, 0.29) is 0 Å². The molecule has 0 spiro atoms. The predicted molar refractivity (Wildman–Crippen MR) is 79.2 cm³/mol. The van der Waals surface area contributed by atoms with E-state index in [1.165, 1.54) is 0 Å². The van der Waals surface area contributed by atoms with Crippen molar-refractivity contribution in [1.82, 2.24) is 10.3 Å². The summed E-state index contributed by atoms with van der Waals surface area (Å²) in [5.41, 5.74) is 1.90. The lowest BCUT2D eigenvalue weighted by Crippen LogP contribution is -2.38. The van der Waals surface area contributed by atoms with E-state index < -0.39 is 12.0 Å². The van der Waals surface area contributed by atoms with E-state index in [9.17, 15) is 9.90 Å². The van der Waals surface area contributed by atoms with Crippen LogP contribution in [-0.4, -0.2) is 29.2 Å². The van der Waals surface area contributed by atoms with Crippen molar-refractivity contribution in [3.8, 4) is 5.88 Å². The SMILES string of the molecule is COc1ccc(CN[C@@H](Cc2ccccc2)C(=O)O)cn1. The molecule has 1 aromatic carbocycles. The Hall–Kier alpha value is -2.40. The third kappa shape index (κ3) is 4.57. The molecule has 0 aliphatic heterocycles. The molecule has 0 bridgehead atoms. The molecule has 1 atom stereocenters. The van der Waals surface area contributed by atoms with Gasteiger partial charge >= 0.3 is 5.97 Å². The summed E-state index contributed by atoms with van der Waals surface area (Å²) in [4.78, 5) is 15.4. The lowest BCUT2D eigenvalue weighted by Gasteiger charge is -2.14. The number of carboxylic acids is 1. The van der Waals surface area contributed by atoms with Crippen LogP contribution in [0.3, 0.4) is 0 Å². The molecule has 2 rings (SSSR count). The zero-order valence-corrected chi connectivity index (χ0v) is 11.8. The van der Waals surface area contributed by atoms with Crippen LogP contribution in [0.1, 0.15) is 11.1 Å². The number of hydrogen-bond donors (Lipinski definition) is 2. The van der Waals surface area contributed by atoms with E-state index >= 15 is 0 Å². The van der Waals surface area contributed by atoms with Crippen molar-refractivity contribution >= 4 is 5.97 Å². The van der Waals surface area contributed by atoms with Crippen LogP contribution in [0.2, 0.25) is 0 Å². The van der Waals surface area contributed by atoms with Crippen molar-refractivity contribution < 1.29 is 14.6 Å². The number of ether oxygens (including phenoxy) is 1. The predicted octanol–water partition coefficient (Wildman–Crippen LogP) is 1.88. The molecule has 2 N–H and O–H groups in total. The van der Waals surface area contributed by atoms with Gasteiger partial charge in [0.25, 0.3) is 0 Å². The largest absolute Gasteiger partial charge is 0.481 e. The molecule has 0 aliphatic rings. The van der Waals surface area contributed by atoms with E-state index in [2.05, 4.69) is 10.3 Å². The number of pyridine rings is 1. The van der Waals surface area contributed by atoms with Crippen molar-refractivity contribution in [1.29, 1.82) is 0 Å². The molecule has 2 aromatic rings. The smallest absolute Gasteiger partial charge is 0.321 e. The fourth-order valence-corrected chi connectivity index (χ4v) is 1.97. The van der Waals surface area contributed by atoms with Gasteiger partial charge in [-0.25, -0.2) is 4.98 Å². The second-order valence-electron chi connectivity index (χ2n) is 4.67. The minimum atomic E-state index is -0.861. The first-order valence-electron chi connectivity index (χ1n) is 6.68. The van der Waals surface area contributed by atoms with Crippen molar-refractivity contribution in [2.45, 2.75) is 19.0 Å². The van der Waals surface area contributed by atoms with Crippen LogP contribution >= 0.6 is 0 Å². The normalized spacial score (nSPS) is 11.9. The third-order valence-corrected chi connectivity index (χ3v) is 3.14. The van der Waals surface area contributed by atoms with Gasteiger partial charge in [0.15, 0.2) is 0 Å². The van der Waals surface area contributed by atoms with Crippen LogP contribution in [0.4, 0.5) is 0 Å². The molecule has 0 saturated heterocycles. The van der Waals surface area contributed by atoms with Gasteiger partial charge in [0.2, 0.25) is 5.88 Å². The molecule has 110 valence electrons. The van der Waals surface area contributed by atoms with Gasteiger partial charge in [0.05, 0.1) is 7.11 Å². The minimum absolute atomic E-state index is 0.444. The molecule has 0 amide bonds. The maximum atomic E-state index is 11.3. The van der Waals surface area contributed by atoms with Crippen molar-refractivity contribution in [2.75, 3.05) is 7.11 Å². The lowest BCUT2D eigenvalue weighted by atomic mass is 10.1. The van der Waals surface area contributed by atoms with Crippen molar-refractivity contribution in [3.05, 3.63) is 59.8 Å². The van der Waals surface area contributed by atoms with Gasteiger partial charge in [-0.05, 0) is 17.5 Å². The van der Waals surface area contributed by atoms with Crippen molar-refractivity contribution in [2.24, 2.45) is 0 Å². The van der Waals surface area contributed by atoms with E-state index in [0.717, 1.165) is 11.1 Å². The Morgan fingerprint density at radius 2 is 2.00 bits per heavy atom. The number of aliphatic carboxylic acids is 1. The summed E-state index contributed by atoms with van der Waals surface area (Å²) in [6.07, 6.45) is 2.12. The molecule has 0 aliphatic carbocycles. The first-order valence-corrected chi connectivity index (χ1v) is 6.68. The van der Waals surface area contributed by atoms with Crippen molar-refractivity contribution in [3.63, 3.8) is 0 Å². The molecular weight excluding hydrogens is 268 g/mol. The molecule has 5 heteroatoms. The maximum absolute atomic E-state index is 11.3. The summed E-state index contributed by atoms with van der Waals surface area (Å²) < 4.78 is 4.99. The first kappa shape index (κ1) is 15.0. The zero-order chi connectivity index (χ0) is 15.1. The van der Waals surface area contributed by atoms with Gasteiger partial charge in [0, 0.05) is 18.8 Å². The highest BCUT2D eigenvalue weighted by Gasteiger charge is 2.17. The Bertz CT molecular complexity index is 570. The maximum Gasteiger partial charge on any atom is 0.321 e. The van der Waals surface area contributed by atoms with Gasteiger partial charge in [-0.15, -0.1) is 0 Å². The Morgan fingerprint density at radius 3 is 2.57 bits per heavy atom. The average molecular weight is 286 g/mol. The molecule has 0 radical (unpaired) electrons. The number of nitrogens with one attached hydrogen (secondary N) is 1. The average Bonchev–Trinajstić information content (AvgIpc) is 2.52. The molecule has 0 unspecified atom stereocenters. The number of rotatable bonds is 7. The summed E-state index contributed by atoms with van der Waals surface area (Å²) in [7, 11) is 1.56. The number of aromatic nitrogens is 1. The first-order chi connectivity index (χ1) is 10.2. The summed E-state index contributed by atoms with van der Waals surface area (Å²) in [6, 6.07) is 12.6. The van der Waals surface area contributed by atoms with Gasteiger partial charge in [-0.1, -0.05) is 36.4 Å². The number of carboxylic acid groups (broad SMARTS) is 1. The Balaban J connectivity index is 1.95. The summed E-state index contributed by atoms with van der Waals surface area (Å²) in [5, 5.41) is 12.3. The highest BCUT2D eigenvalue weighted by molar-refractivity contribution is 5.73. The van der Waals surface area contributed by atoms with E-state index in [1.807, 2.05) is 36.4 Å². The van der Waals surface area contributed by atoms with E-state index in [0.29, 0.717) is 18.8 Å². The molecule has 1 heterocycles. The van der Waals surface area contributed by atoms with Crippen LogP contribution in [-0.2, 0) is 17.8 Å². The monoisotopic (exact) mass is 286 g/mol. The second-order valence-corrected chi connectivity index (χ2v) is 4.67. The van der Waals surface area contributed by atoms with E-state index in [4.69, 9.17) is 4.74 Å². The highest BCUT2D eigenvalue weighted by atomic mass is 16.5. The molecule has 1 aromatic heterocycles. The van der Waals surface area contributed by atoms with Gasteiger partial charge in [0.1, 0.15) is 6.04 Å². The van der Waals surface area contributed by atoms with Crippen LogP contribution < -0.4 is 10.1 Å². The number of carbonyl (C=O) groups is 1. The lowest BCUT2D eigenvalue weighted by molar-refractivity contribution is -0.139. The third-order valence-electron chi connectivity index (χ3n) is 3.14. The van der Waals surface area contributed by atoms with Crippen LogP contribution in [0.15, 0.2) is 48.7 Å². The quantitative estimate of drug-likeness (QED) is 0.813. The molecule has 0 saturated carbocycles. The number of hydrogen-bond acceptors (Lipinski definition) is 4. The molecule has 21 heavy (non-hydrogen) atoms. The topological polar surface area (TPSA) is 71.5 Å². The van der Waals surface area contributed by atoms with E-state index in [1.54, 1.807) is 19.4 Å². The summed E-state index contributed by atoms with van der Waals surface area (Å²) >= 11 is 0. The number of benzene rings is 1. The van der Waals surface area contributed by atoms with Crippen LogP contribution in [0.25, 0.3) is 0 Å². The zero-order valence-electron chi connectivity index (χ0n) is 11.8. The fourth-order valence-electron chi connectivity index (χ4n) is 1.97. The van der Waals surface area contributed by atoms with Gasteiger partial charge in [-0.2, -0.15) is 0 Å². The standard InChI is InChI=1S/C16H18N2O3/c1-21-15-8-7-13(11-18-15)10-17-14(16(19)20)9-12-5-3-2-4-6-12/h2-8,11,14,17H,9-10H2,1H3,(H,19,20)/t14-/m0/s1. The molecule has 5 nitrogen and oxygen atoms in total. The van der Waals surface area contributed by atoms with Gasteiger partial charge < -0.3 is 9.84 Å². The fraction of sp³-hybridized carbons (Fsp3) is 0.250.